The molecule has 0 spiro atoms. The SMILES string of the molecule is O=C(NC1CC1)C1CN(c2nc3cc(Cl)ccc3o2)CCO1. The summed E-state index contributed by atoms with van der Waals surface area (Å²) >= 11 is 5.96. The van der Waals surface area contributed by atoms with Crippen molar-refractivity contribution in [3.63, 3.8) is 0 Å². The van der Waals surface area contributed by atoms with E-state index in [1.807, 2.05) is 4.90 Å². The van der Waals surface area contributed by atoms with Gasteiger partial charge < -0.3 is 19.4 Å². The number of aromatic nitrogens is 1. The number of rotatable bonds is 3. The van der Waals surface area contributed by atoms with Gasteiger partial charge in [0.1, 0.15) is 5.52 Å². The summed E-state index contributed by atoms with van der Waals surface area (Å²) in [6.45, 7) is 1.56. The Morgan fingerprint density at radius 2 is 2.27 bits per heavy atom. The average Bonchev–Trinajstić information content (AvgIpc) is 3.23. The largest absolute Gasteiger partial charge is 0.423 e. The molecule has 1 saturated heterocycles. The van der Waals surface area contributed by atoms with Crippen molar-refractivity contribution >= 4 is 34.6 Å². The van der Waals surface area contributed by atoms with E-state index in [1.54, 1.807) is 18.2 Å². The van der Waals surface area contributed by atoms with E-state index in [0.29, 0.717) is 47.9 Å². The van der Waals surface area contributed by atoms with Crippen molar-refractivity contribution in [3.8, 4) is 0 Å². The maximum absolute atomic E-state index is 12.1. The van der Waals surface area contributed by atoms with Crippen LogP contribution in [0.5, 0.6) is 0 Å². The molecule has 6 nitrogen and oxygen atoms in total. The van der Waals surface area contributed by atoms with Crippen molar-refractivity contribution in [3.05, 3.63) is 23.2 Å². The van der Waals surface area contributed by atoms with Crippen LogP contribution in [0.2, 0.25) is 5.02 Å². The van der Waals surface area contributed by atoms with Crippen LogP contribution in [0.1, 0.15) is 12.8 Å². The van der Waals surface area contributed by atoms with Gasteiger partial charge in [0.25, 0.3) is 11.9 Å². The molecule has 1 N–H and O–H groups in total. The third kappa shape index (κ3) is 2.76. The van der Waals surface area contributed by atoms with Gasteiger partial charge in [0.05, 0.1) is 13.2 Å². The third-order valence-corrected chi connectivity index (χ3v) is 4.13. The molecule has 2 fully saturated rings. The van der Waals surface area contributed by atoms with E-state index in [9.17, 15) is 4.79 Å². The summed E-state index contributed by atoms with van der Waals surface area (Å²) in [5.41, 5.74) is 1.40. The number of benzene rings is 1. The normalized spacial score (nSPS) is 22.0. The second-order valence-corrected chi connectivity index (χ2v) is 6.13. The first-order valence-electron chi connectivity index (χ1n) is 7.42. The second kappa shape index (κ2) is 5.44. The van der Waals surface area contributed by atoms with E-state index < -0.39 is 6.10 Å². The number of carbonyl (C=O) groups excluding carboxylic acids is 1. The van der Waals surface area contributed by atoms with Crippen LogP contribution in [-0.4, -0.2) is 42.7 Å². The molecular weight excluding hydrogens is 306 g/mol. The number of carbonyl (C=O) groups is 1. The Morgan fingerprint density at radius 1 is 1.41 bits per heavy atom. The van der Waals surface area contributed by atoms with Gasteiger partial charge >= 0.3 is 0 Å². The molecule has 2 aromatic rings. The van der Waals surface area contributed by atoms with E-state index in [1.165, 1.54) is 0 Å². The number of morpholine rings is 1. The molecule has 1 aromatic heterocycles. The van der Waals surface area contributed by atoms with Gasteiger partial charge in [-0.2, -0.15) is 4.98 Å². The van der Waals surface area contributed by atoms with Crippen molar-refractivity contribution in [1.82, 2.24) is 10.3 Å². The van der Waals surface area contributed by atoms with Gasteiger partial charge in [-0.1, -0.05) is 11.6 Å². The Morgan fingerprint density at radius 3 is 3.09 bits per heavy atom. The predicted molar refractivity (Wildman–Crippen MR) is 82.1 cm³/mol. The van der Waals surface area contributed by atoms with E-state index in [2.05, 4.69) is 10.3 Å². The molecule has 1 aliphatic carbocycles. The number of hydrogen-bond acceptors (Lipinski definition) is 5. The number of ether oxygens (including phenoxy) is 1. The molecule has 0 bridgehead atoms. The Balaban J connectivity index is 1.51. The lowest BCUT2D eigenvalue weighted by molar-refractivity contribution is -0.133. The number of anilines is 1. The van der Waals surface area contributed by atoms with Crippen molar-refractivity contribution in [2.75, 3.05) is 24.6 Å². The van der Waals surface area contributed by atoms with Crippen LogP contribution >= 0.6 is 11.6 Å². The highest BCUT2D eigenvalue weighted by molar-refractivity contribution is 6.31. The zero-order valence-corrected chi connectivity index (χ0v) is 12.7. The monoisotopic (exact) mass is 321 g/mol. The van der Waals surface area contributed by atoms with Crippen LogP contribution < -0.4 is 10.2 Å². The lowest BCUT2D eigenvalue weighted by Crippen LogP contribution is -2.50. The Hall–Kier alpha value is -1.79. The highest BCUT2D eigenvalue weighted by Gasteiger charge is 2.32. The van der Waals surface area contributed by atoms with Crippen molar-refractivity contribution in [2.45, 2.75) is 25.0 Å². The number of halogens is 1. The summed E-state index contributed by atoms with van der Waals surface area (Å²) < 4.78 is 11.3. The van der Waals surface area contributed by atoms with Gasteiger partial charge in [-0.25, -0.2) is 0 Å². The van der Waals surface area contributed by atoms with Gasteiger partial charge in [0, 0.05) is 17.6 Å². The highest BCUT2D eigenvalue weighted by atomic mass is 35.5. The lowest BCUT2D eigenvalue weighted by Gasteiger charge is -2.31. The molecule has 1 aliphatic heterocycles. The van der Waals surface area contributed by atoms with Gasteiger partial charge in [-0.3, -0.25) is 4.79 Å². The Kier molecular flexibility index (Phi) is 3.43. The van der Waals surface area contributed by atoms with Gasteiger partial charge in [-0.05, 0) is 31.0 Å². The van der Waals surface area contributed by atoms with Crippen LogP contribution in [0.15, 0.2) is 22.6 Å². The molecule has 7 heteroatoms. The molecule has 1 saturated carbocycles. The van der Waals surface area contributed by atoms with Gasteiger partial charge in [0.15, 0.2) is 11.7 Å². The van der Waals surface area contributed by atoms with Gasteiger partial charge in [-0.15, -0.1) is 0 Å². The standard InChI is InChI=1S/C15H16ClN3O3/c16-9-1-4-12-11(7-9)18-15(22-12)19-5-6-21-13(8-19)14(20)17-10-2-3-10/h1,4,7,10,13H,2-3,5-6,8H2,(H,17,20). The molecule has 1 amide bonds. The summed E-state index contributed by atoms with van der Waals surface area (Å²) in [5, 5.41) is 3.59. The number of fused-ring (bicyclic) bond motifs is 1. The van der Waals surface area contributed by atoms with Crippen molar-refractivity contribution < 1.29 is 13.9 Å². The lowest BCUT2D eigenvalue weighted by atomic mass is 10.2. The van der Waals surface area contributed by atoms with E-state index >= 15 is 0 Å². The summed E-state index contributed by atoms with van der Waals surface area (Å²) in [6, 6.07) is 6.17. The quantitative estimate of drug-likeness (QED) is 0.936. The number of nitrogens with one attached hydrogen (secondary N) is 1. The van der Waals surface area contributed by atoms with Crippen LogP contribution in [0.25, 0.3) is 11.1 Å². The van der Waals surface area contributed by atoms with Crippen LogP contribution in [-0.2, 0) is 9.53 Å². The van der Waals surface area contributed by atoms with E-state index in [0.717, 1.165) is 12.8 Å². The Labute approximate surface area is 132 Å². The second-order valence-electron chi connectivity index (χ2n) is 5.70. The third-order valence-electron chi connectivity index (χ3n) is 3.89. The Bertz CT molecular complexity index is 713. The van der Waals surface area contributed by atoms with Gasteiger partial charge in [0.2, 0.25) is 0 Å². The molecular formula is C15H16ClN3O3. The summed E-state index contributed by atoms with van der Waals surface area (Å²) in [4.78, 5) is 18.5. The topological polar surface area (TPSA) is 67.6 Å². The molecule has 2 heterocycles. The van der Waals surface area contributed by atoms with E-state index in [-0.39, 0.29) is 5.91 Å². The molecule has 0 radical (unpaired) electrons. The van der Waals surface area contributed by atoms with Crippen LogP contribution in [0.3, 0.4) is 0 Å². The first kappa shape index (κ1) is 13.8. The van der Waals surface area contributed by atoms with Crippen molar-refractivity contribution in [1.29, 1.82) is 0 Å². The fourth-order valence-electron chi connectivity index (χ4n) is 2.53. The number of oxazole rings is 1. The van der Waals surface area contributed by atoms with Crippen LogP contribution in [0.4, 0.5) is 6.01 Å². The minimum absolute atomic E-state index is 0.0497. The molecule has 4 rings (SSSR count). The summed E-state index contributed by atoms with van der Waals surface area (Å²) in [5.74, 6) is -0.0497. The average molecular weight is 322 g/mol. The van der Waals surface area contributed by atoms with Crippen molar-refractivity contribution in [2.24, 2.45) is 0 Å². The molecule has 2 aliphatic rings. The predicted octanol–water partition coefficient (Wildman–Crippen LogP) is 1.96. The fraction of sp³-hybridized carbons (Fsp3) is 0.467. The smallest absolute Gasteiger partial charge is 0.298 e. The first-order valence-corrected chi connectivity index (χ1v) is 7.80. The number of amides is 1. The van der Waals surface area contributed by atoms with Crippen LogP contribution in [0, 0.1) is 0 Å². The molecule has 22 heavy (non-hydrogen) atoms. The summed E-state index contributed by atoms with van der Waals surface area (Å²) in [7, 11) is 0. The number of hydrogen-bond donors (Lipinski definition) is 1. The number of nitrogens with zero attached hydrogens (tertiary/aromatic N) is 2. The summed E-state index contributed by atoms with van der Waals surface area (Å²) in [6.07, 6.45) is 1.65. The molecule has 1 atom stereocenters. The fourth-order valence-corrected chi connectivity index (χ4v) is 2.69. The first-order chi connectivity index (χ1) is 10.7. The van der Waals surface area contributed by atoms with E-state index in [4.69, 9.17) is 20.8 Å². The maximum Gasteiger partial charge on any atom is 0.298 e. The minimum atomic E-state index is -0.479. The zero-order chi connectivity index (χ0) is 15.1. The molecule has 1 aromatic carbocycles. The minimum Gasteiger partial charge on any atom is -0.423 e. The highest BCUT2D eigenvalue weighted by Crippen LogP contribution is 2.26. The maximum atomic E-state index is 12.1. The molecule has 116 valence electrons. The molecule has 1 unspecified atom stereocenters. The zero-order valence-electron chi connectivity index (χ0n) is 11.9.